The van der Waals surface area contributed by atoms with E-state index in [2.05, 4.69) is 15.3 Å². The van der Waals surface area contributed by atoms with Gasteiger partial charge in [0.15, 0.2) is 0 Å². The van der Waals surface area contributed by atoms with Crippen molar-refractivity contribution in [1.29, 1.82) is 0 Å². The zero-order valence-electron chi connectivity index (χ0n) is 11.5. The smallest absolute Gasteiger partial charge is 0.268 e. The van der Waals surface area contributed by atoms with Gasteiger partial charge in [-0.05, 0) is 12.8 Å². The predicted molar refractivity (Wildman–Crippen MR) is 79.8 cm³/mol. The number of piperazine rings is 1. The van der Waals surface area contributed by atoms with Gasteiger partial charge in [-0.2, -0.15) is 5.10 Å². The molecule has 1 aromatic heterocycles. The highest BCUT2D eigenvalue weighted by atomic mass is 35.5. The van der Waals surface area contributed by atoms with E-state index in [1.807, 2.05) is 0 Å². The summed E-state index contributed by atoms with van der Waals surface area (Å²) in [6, 6.07) is 1.69. The molecule has 112 valence electrons. The van der Waals surface area contributed by atoms with Gasteiger partial charge in [0.25, 0.3) is 5.56 Å². The number of hydrogen-bond donors (Lipinski definition) is 1. The summed E-state index contributed by atoms with van der Waals surface area (Å²) in [5.74, 6) is 0. The summed E-state index contributed by atoms with van der Waals surface area (Å²) in [7, 11) is 0. The molecule has 3 heterocycles. The Balaban J connectivity index is 0.00000147. The third-order valence-corrected chi connectivity index (χ3v) is 3.74. The molecule has 0 amide bonds. The maximum Gasteiger partial charge on any atom is 0.268 e. The van der Waals surface area contributed by atoms with Crippen LogP contribution in [0, 0.1) is 0 Å². The van der Waals surface area contributed by atoms with Crippen molar-refractivity contribution in [3.05, 3.63) is 22.6 Å². The Morgan fingerprint density at radius 1 is 1.40 bits per heavy atom. The van der Waals surface area contributed by atoms with Crippen molar-refractivity contribution in [3.63, 3.8) is 0 Å². The van der Waals surface area contributed by atoms with Crippen LogP contribution in [0.2, 0.25) is 0 Å². The van der Waals surface area contributed by atoms with Crippen molar-refractivity contribution in [2.24, 2.45) is 0 Å². The van der Waals surface area contributed by atoms with Gasteiger partial charge in [-0.1, -0.05) is 0 Å². The van der Waals surface area contributed by atoms with E-state index < -0.39 is 0 Å². The van der Waals surface area contributed by atoms with Crippen molar-refractivity contribution in [3.8, 4) is 0 Å². The number of nitrogens with one attached hydrogen (secondary N) is 1. The van der Waals surface area contributed by atoms with E-state index in [0.29, 0.717) is 6.54 Å². The Bertz CT molecular complexity index is 482. The maximum atomic E-state index is 12.1. The second kappa shape index (κ2) is 7.06. The number of nitrogens with zero attached hydrogens (tertiary/aromatic N) is 3. The molecule has 1 N–H and O–H groups in total. The van der Waals surface area contributed by atoms with E-state index in [-0.39, 0.29) is 24.1 Å². The van der Waals surface area contributed by atoms with Crippen LogP contribution in [0.4, 0.5) is 5.69 Å². The molecule has 3 rings (SSSR count). The third-order valence-electron chi connectivity index (χ3n) is 3.74. The Morgan fingerprint density at radius 3 is 2.85 bits per heavy atom. The van der Waals surface area contributed by atoms with Gasteiger partial charge in [0, 0.05) is 38.9 Å². The number of aromatic nitrogens is 2. The Labute approximate surface area is 124 Å². The Kier molecular flexibility index (Phi) is 5.39. The van der Waals surface area contributed by atoms with Crippen molar-refractivity contribution >= 4 is 18.1 Å². The van der Waals surface area contributed by atoms with Gasteiger partial charge in [-0.15, -0.1) is 12.4 Å². The summed E-state index contributed by atoms with van der Waals surface area (Å²) in [5, 5.41) is 7.58. The fourth-order valence-electron chi connectivity index (χ4n) is 2.64. The highest BCUT2D eigenvalue weighted by molar-refractivity contribution is 5.85. The molecule has 1 unspecified atom stereocenters. The van der Waals surface area contributed by atoms with Crippen LogP contribution in [0.25, 0.3) is 0 Å². The zero-order valence-corrected chi connectivity index (χ0v) is 12.3. The van der Waals surface area contributed by atoms with E-state index >= 15 is 0 Å². The monoisotopic (exact) mass is 300 g/mol. The molecule has 20 heavy (non-hydrogen) atoms. The Morgan fingerprint density at radius 2 is 2.20 bits per heavy atom. The standard InChI is InChI=1S/C13H20N4O2.ClH/c18-13-8-11(16-5-3-14-4-6-16)9-15-17(13)10-12-2-1-7-19-12;/h8-9,12,14H,1-7,10H2;1H. The molecular weight excluding hydrogens is 280 g/mol. The lowest BCUT2D eigenvalue weighted by atomic mass is 10.2. The zero-order chi connectivity index (χ0) is 13.1. The number of hydrogen-bond acceptors (Lipinski definition) is 5. The molecular formula is C13H21ClN4O2. The highest BCUT2D eigenvalue weighted by Crippen LogP contribution is 2.14. The summed E-state index contributed by atoms with van der Waals surface area (Å²) >= 11 is 0. The summed E-state index contributed by atoms with van der Waals surface area (Å²) in [6.07, 6.45) is 4.04. The van der Waals surface area contributed by atoms with Gasteiger partial charge in [0.1, 0.15) is 0 Å². The lowest BCUT2D eigenvalue weighted by Crippen LogP contribution is -2.44. The molecule has 2 aliphatic heterocycles. The van der Waals surface area contributed by atoms with Crippen LogP contribution < -0.4 is 15.8 Å². The molecule has 0 aromatic carbocycles. The van der Waals surface area contributed by atoms with Gasteiger partial charge in [0.05, 0.1) is 24.5 Å². The van der Waals surface area contributed by atoms with Gasteiger partial charge < -0.3 is 15.0 Å². The fourth-order valence-corrected chi connectivity index (χ4v) is 2.64. The average Bonchev–Trinajstić information content (AvgIpc) is 2.95. The molecule has 2 saturated heterocycles. The second-order valence-corrected chi connectivity index (χ2v) is 5.11. The van der Waals surface area contributed by atoms with Crippen molar-refractivity contribution < 1.29 is 4.74 Å². The minimum atomic E-state index is -0.0356. The van der Waals surface area contributed by atoms with E-state index in [1.54, 1.807) is 12.3 Å². The summed E-state index contributed by atoms with van der Waals surface area (Å²) in [4.78, 5) is 14.3. The maximum absolute atomic E-state index is 12.1. The number of rotatable bonds is 3. The molecule has 1 aromatic rings. The Hall–Kier alpha value is -1.11. The van der Waals surface area contributed by atoms with Crippen LogP contribution in [0.15, 0.2) is 17.1 Å². The lowest BCUT2D eigenvalue weighted by Gasteiger charge is -2.29. The van der Waals surface area contributed by atoms with Crippen molar-refractivity contribution in [1.82, 2.24) is 15.1 Å². The van der Waals surface area contributed by atoms with E-state index in [1.165, 1.54) is 4.68 Å². The fraction of sp³-hybridized carbons (Fsp3) is 0.692. The van der Waals surface area contributed by atoms with Crippen LogP contribution in [0.1, 0.15) is 12.8 Å². The van der Waals surface area contributed by atoms with Gasteiger partial charge in [-0.3, -0.25) is 4.79 Å². The largest absolute Gasteiger partial charge is 0.376 e. The van der Waals surface area contributed by atoms with Crippen molar-refractivity contribution in [2.75, 3.05) is 37.7 Å². The molecule has 7 heteroatoms. The first kappa shape index (κ1) is 15.3. The van der Waals surface area contributed by atoms with Gasteiger partial charge in [0.2, 0.25) is 0 Å². The quantitative estimate of drug-likeness (QED) is 0.867. The molecule has 0 radical (unpaired) electrons. The predicted octanol–water partition coefficient (Wildman–Crippen LogP) is 0.254. The summed E-state index contributed by atoms with van der Waals surface area (Å²) in [6.45, 7) is 5.14. The van der Waals surface area contributed by atoms with Crippen LogP contribution in [-0.2, 0) is 11.3 Å². The molecule has 0 spiro atoms. The van der Waals surface area contributed by atoms with Crippen LogP contribution in [-0.4, -0.2) is 48.7 Å². The van der Waals surface area contributed by atoms with E-state index in [9.17, 15) is 4.79 Å². The summed E-state index contributed by atoms with van der Waals surface area (Å²) < 4.78 is 7.06. The third kappa shape index (κ3) is 3.50. The minimum Gasteiger partial charge on any atom is -0.376 e. The van der Waals surface area contributed by atoms with E-state index in [0.717, 1.165) is 51.3 Å². The number of anilines is 1. The van der Waals surface area contributed by atoms with Gasteiger partial charge >= 0.3 is 0 Å². The number of ether oxygens (including phenoxy) is 1. The normalized spacial score (nSPS) is 22.6. The molecule has 0 saturated carbocycles. The van der Waals surface area contributed by atoms with Crippen LogP contribution >= 0.6 is 12.4 Å². The van der Waals surface area contributed by atoms with E-state index in [4.69, 9.17) is 4.74 Å². The molecule has 2 fully saturated rings. The SMILES string of the molecule is Cl.O=c1cc(N2CCNCC2)cnn1CC1CCCO1. The first-order chi connectivity index (χ1) is 9.33. The molecule has 0 bridgehead atoms. The topological polar surface area (TPSA) is 59.4 Å². The molecule has 2 aliphatic rings. The second-order valence-electron chi connectivity index (χ2n) is 5.11. The number of halogens is 1. The average molecular weight is 301 g/mol. The van der Waals surface area contributed by atoms with Crippen molar-refractivity contribution in [2.45, 2.75) is 25.5 Å². The molecule has 1 atom stereocenters. The molecule has 6 nitrogen and oxygen atoms in total. The minimum absolute atomic E-state index is 0. The highest BCUT2D eigenvalue weighted by Gasteiger charge is 2.18. The first-order valence-electron chi connectivity index (χ1n) is 6.97. The lowest BCUT2D eigenvalue weighted by molar-refractivity contribution is 0.0927. The molecule has 0 aliphatic carbocycles. The summed E-state index contributed by atoms with van der Waals surface area (Å²) in [5.41, 5.74) is 0.890. The van der Waals surface area contributed by atoms with Crippen LogP contribution in [0.3, 0.4) is 0 Å². The van der Waals surface area contributed by atoms with Crippen LogP contribution in [0.5, 0.6) is 0 Å². The first-order valence-corrected chi connectivity index (χ1v) is 6.97. The van der Waals surface area contributed by atoms with Gasteiger partial charge in [-0.25, -0.2) is 4.68 Å².